The van der Waals surface area contributed by atoms with Gasteiger partial charge >= 0.3 is 0 Å². The Morgan fingerprint density at radius 3 is 1.10 bits per heavy atom. The Balaban J connectivity index is 0.000000170. The molecule has 2 fully saturated rings. The maximum absolute atomic E-state index is 8.76. The van der Waals surface area contributed by atoms with Crippen molar-refractivity contribution in [3.8, 4) is 56.3 Å². The van der Waals surface area contributed by atoms with Crippen LogP contribution < -0.4 is 22.8 Å². The second-order valence-corrected chi connectivity index (χ2v) is 30.6. The van der Waals surface area contributed by atoms with Gasteiger partial charge in [-0.3, -0.25) is 0 Å². The van der Waals surface area contributed by atoms with Crippen LogP contribution in [0.1, 0.15) is 227 Å². The Kier molecular flexibility index (Phi) is 22.2. The zero-order valence-corrected chi connectivity index (χ0v) is 64.5. The van der Waals surface area contributed by atoms with E-state index in [0.717, 1.165) is 58.8 Å². The van der Waals surface area contributed by atoms with Crippen LogP contribution in [0.25, 0.3) is 56.3 Å². The summed E-state index contributed by atoms with van der Waals surface area (Å²) in [5.74, 6) is -1.49. The molecule has 2 aliphatic carbocycles. The van der Waals surface area contributed by atoms with Crippen molar-refractivity contribution >= 4 is 0 Å². The summed E-state index contributed by atoms with van der Waals surface area (Å²) in [6, 6.07) is 52.5. The Morgan fingerprint density at radius 1 is 0.404 bits per heavy atom. The maximum Gasteiger partial charge on any atom is 0.212 e. The number of aryl methyl sites for hydroxylation is 15. The van der Waals surface area contributed by atoms with Gasteiger partial charge in [-0.05, 0) is 222 Å². The topological polar surface area (TPSA) is 19.4 Å². The Morgan fingerprint density at radius 2 is 0.727 bits per heavy atom. The molecule has 0 spiro atoms. The largest absolute Gasteiger partial charge is 0.212 e. The van der Waals surface area contributed by atoms with Gasteiger partial charge in [0.15, 0.2) is 31.0 Å². The number of hydrogen-bond donors (Lipinski definition) is 0. The van der Waals surface area contributed by atoms with E-state index in [9.17, 15) is 0 Å². The second kappa shape index (κ2) is 34.3. The van der Waals surface area contributed by atoms with Gasteiger partial charge in [0.2, 0.25) is 28.5 Å². The van der Waals surface area contributed by atoms with E-state index in [1.165, 1.54) is 142 Å². The highest BCUT2D eigenvalue weighted by Gasteiger charge is 2.27. The lowest BCUT2D eigenvalue weighted by Gasteiger charge is -2.19. The smallest absolute Gasteiger partial charge is 0.201 e. The minimum absolute atomic E-state index is 0.180. The minimum atomic E-state index is -2.57. The molecule has 1 unspecified atom stereocenters. The first-order valence-electron chi connectivity index (χ1n) is 40.6. The van der Waals surface area contributed by atoms with Gasteiger partial charge in [-0.15, -0.1) is 0 Å². The summed E-state index contributed by atoms with van der Waals surface area (Å²) in [6.07, 6.45) is 18.2. The summed E-state index contributed by atoms with van der Waals surface area (Å²) in [6.45, 7) is 32.1. The van der Waals surface area contributed by atoms with E-state index in [1.54, 1.807) is 29.4 Å². The highest BCUT2D eigenvalue weighted by Crippen LogP contribution is 2.38. The van der Waals surface area contributed by atoms with Crippen molar-refractivity contribution in [1.82, 2.24) is 0 Å². The van der Waals surface area contributed by atoms with Crippen molar-refractivity contribution in [3.63, 3.8) is 0 Å². The van der Waals surface area contributed by atoms with Gasteiger partial charge < -0.3 is 0 Å². The molecular formula is C94H124N5+5. The number of nitrogens with zero attached hydrogens (tertiary/aromatic N) is 5. The van der Waals surface area contributed by atoms with Crippen molar-refractivity contribution in [2.75, 3.05) is 0 Å². The lowest BCUT2D eigenvalue weighted by molar-refractivity contribution is -0.661. The van der Waals surface area contributed by atoms with E-state index in [4.69, 9.17) is 12.3 Å². The van der Waals surface area contributed by atoms with Crippen LogP contribution in [0, 0.1) is 73.1 Å². The fourth-order valence-corrected chi connectivity index (χ4v) is 14.3. The van der Waals surface area contributed by atoms with Crippen LogP contribution in [0.15, 0.2) is 183 Å². The van der Waals surface area contributed by atoms with E-state index in [2.05, 4.69) is 232 Å². The zero-order chi connectivity index (χ0) is 80.0. The van der Waals surface area contributed by atoms with E-state index in [0.29, 0.717) is 5.41 Å². The number of benzene rings is 5. The fraction of sp³-hybridized carbons (Fsp3) is 0.415. The molecule has 5 heteroatoms. The Labute approximate surface area is 613 Å². The molecule has 1 atom stereocenters. The Bertz CT molecular complexity index is 4800. The molecule has 99 heavy (non-hydrogen) atoms. The molecule has 12 rings (SSSR count). The van der Waals surface area contributed by atoms with Crippen LogP contribution in [0.5, 0.6) is 0 Å². The predicted molar refractivity (Wildman–Crippen MR) is 420 cm³/mol. The standard InChI is InChI=1S/2C19H24N.2C19H26N.C18H24N/c2*1-14-8-4-7-11-17(14)19-12-15(2)18(13-20(19)3)16-9-5-6-10-16;2*1-14-9-7-8-10-17(14)18-11-15(2)16(13-20(18)6)12-19(3,4)5;1-6-15-11-18(16-10-8-7-9-14(16)4)19(5)12-17(15)13(2)3/h2*4,7-8,11-13,16H,5-6,9-10H2,1-3H3;2*7-11,13H,12H2,1-6H3;7-13H,6H2,1-5H3/q5*+1/i16D;;12D2;;2D3,6D2,13D. The van der Waals surface area contributed by atoms with Gasteiger partial charge in [0.1, 0.15) is 35.2 Å². The zero-order valence-electron chi connectivity index (χ0n) is 73.5. The quantitative estimate of drug-likeness (QED) is 0.115. The third-order valence-corrected chi connectivity index (χ3v) is 19.7. The van der Waals surface area contributed by atoms with Gasteiger partial charge in [-0.2, -0.15) is 0 Å². The van der Waals surface area contributed by atoms with Gasteiger partial charge in [-0.1, -0.05) is 179 Å². The summed E-state index contributed by atoms with van der Waals surface area (Å²) in [7, 11) is 10.2. The Hall–Kier alpha value is -8.15. The van der Waals surface area contributed by atoms with Crippen molar-refractivity contribution < 1.29 is 35.2 Å². The average Bonchev–Trinajstić information content (AvgIpc) is 0.866. The summed E-state index contributed by atoms with van der Waals surface area (Å²) in [5, 5.41) is 0. The molecular weight excluding hydrogens is 1200 g/mol. The third kappa shape index (κ3) is 20.3. The van der Waals surface area contributed by atoms with Crippen molar-refractivity contribution in [1.29, 1.82) is 0 Å². The third-order valence-electron chi connectivity index (χ3n) is 19.7. The molecule has 5 heterocycles. The van der Waals surface area contributed by atoms with E-state index >= 15 is 0 Å². The summed E-state index contributed by atoms with van der Waals surface area (Å²) in [4.78, 5) is 0. The summed E-state index contributed by atoms with van der Waals surface area (Å²) in [5.41, 5.74) is 28.4. The molecule has 5 aromatic heterocycles. The highest BCUT2D eigenvalue weighted by molar-refractivity contribution is 5.65. The summed E-state index contributed by atoms with van der Waals surface area (Å²) < 4.78 is 84.3. The number of rotatable bonds is 11. The summed E-state index contributed by atoms with van der Waals surface area (Å²) >= 11 is 0. The predicted octanol–water partition coefficient (Wildman–Crippen LogP) is 21.8. The molecule has 2 saturated carbocycles. The first-order chi connectivity index (χ1) is 50.3. The van der Waals surface area contributed by atoms with Crippen LogP contribution >= 0.6 is 0 Å². The van der Waals surface area contributed by atoms with Crippen molar-refractivity contribution in [3.05, 3.63) is 266 Å². The number of aromatic nitrogens is 5. The minimum Gasteiger partial charge on any atom is -0.201 e. The molecule has 0 amide bonds. The molecule has 0 aliphatic heterocycles. The normalized spacial score (nSPS) is 15.9. The second-order valence-electron chi connectivity index (χ2n) is 30.6. The molecule has 5 nitrogen and oxygen atoms in total. The molecule has 0 saturated heterocycles. The molecule has 0 radical (unpaired) electrons. The van der Waals surface area contributed by atoms with Gasteiger partial charge in [0, 0.05) is 98.3 Å². The number of pyridine rings is 5. The van der Waals surface area contributed by atoms with Crippen LogP contribution in [-0.2, 0) is 54.4 Å². The van der Waals surface area contributed by atoms with Gasteiger partial charge in [0.05, 0.1) is 0 Å². The molecule has 0 bridgehead atoms. The molecule has 2 aliphatic rings. The van der Waals surface area contributed by atoms with E-state index in [-0.39, 0.29) is 17.0 Å². The maximum atomic E-state index is 8.76. The molecule has 10 aromatic rings. The van der Waals surface area contributed by atoms with E-state index < -0.39 is 30.9 Å². The van der Waals surface area contributed by atoms with Gasteiger partial charge in [-0.25, -0.2) is 22.8 Å². The van der Waals surface area contributed by atoms with Crippen molar-refractivity contribution in [2.24, 2.45) is 46.1 Å². The average molecular weight is 1330 g/mol. The van der Waals surface area contributed by atoms with Crippen LogP contribution in [0.3, 0.4) is 0 Å². The van der Waals surface area contributed by atoms with Crippen LogP contribution in [-0.4, -0.2) is 0 Å². The first-order valence-corrected chi connectivity index (χ1v) is 36.1. The van der Waals surface area contributed by atoms with Gasteiger partial charge in [0.25, 0.3) is 0 Å². The fourth-order valence-electron chi connectivity index (χ4n) is 14.3. The number of hydrogen-bond acceptors (Lipinski definition) is 0. The first kappa shape index (κ1) is 64.2. The monoisotopic (exact) mass is 1330 g/mol. The lowest BCUT2D eigenvalue weighted by atomic mass is 9.87. The van der Waals surface area contributed by atoms with Crippen molar-refractivity contribution in [2.45, 2.75) is 213 Å². The van der Waals surface area contributed by atoms with E-state index in [1.807, 2.05) is 88.8 Å². The SMILES string of the molecule is Cc1cc(-c2ccccc2C)[n+](C)cc1CC(C)(C)C.Cc1ccccc1-c1cc(C)c(C2CCCC2)c[n+]1C.[2H]C([2H])(C)c1cc(-c2ccccc2C)[n+](C)cc1C([2H])(C)C([2H])([2H])[2H].[2H]C([2H])(c1c[n+](C)c(-c2ccccc2C)cc1C)C(C)(C)C.[2H]C1(c2c[n+](C)c(-c3ccccc3C)cc2C)CCCC1. The van der Waals surface area contributed by atoms with Crippen LogP contribution in [0.2, 0.25) is 0 Å². The van der Waals surface area contributed by atoms with Crippen LogP contribution in [0.4, 0.5) is 0 Å². The molecule has 5 aromatic carbocycles. The molecule has 520 valence electrons. The lowest BCUT2D eigenvalue weighted by Crippen LogP contribution is -2.32. The molecule has 0 N–H and O–H groups in total. The highest BCUT2D eigenvalue weighted by atomic mass is 14.9.